The van der Waals surface area contributed by atoms with Crippen LogP contribution in [0, 0.1) is 5.82 Å². The predicted molar refractivity (Wildman–Crippen MR) is 109 cm³/mol. The summed E-state index contributed by atoms with van der Waals surface area (Å²) in [6.07, 6.45) is 2.20. The van der Waals surface area contributed by atoms with Crippen molar-refractivity contribution in [1.29, 1.82) is 0 Å². The summed E-state index contributed by atoms with van der Waals surface area (Å²) in [7, 11) is 1.64. The van der Waals surface area contributed by atoms with E-state index in [2.05, 4.69) is 15.9 Å². The fourth-order valence-corrected chi connectivity index (χ4v) is 3.58. The third-order valence-corrected chi connectivity index (χ3v) is 5.15. The molecule has 0 saturated heterocycles. The standard InChI is InChI=1S/C20H28BrFN2O4/c1-20(2,3)28-18(26)12-24(17-10-5-13(21)11-16(17)22)19(27)23(4)14-6-8-15(25)9-7-14/h5,10-11,14-15,25H,6-9,12H2,1-4H3. The summed E-state index contributed by atoms with van der Waals surface area (Å²) in [4.78, 5) is 28.2. The SMILES string of the molecule is CN(C(=O)N(CC(=O)OC(C)(C)C)c1ccc(Br)cc1F)C1CCC(O)CC1. The lowest BCUT2D eigenvalue weighted by Crippen LogP contribution is -2.50. The highest BCUT2D eigenvalue weighted by Crippen LogP contribution is 2.27. The second-order valence-electron chi connectivity index (χ2n) is 8.12. The van der Waals surface area contributed by atoms with Crippen LogP contribution in [0.1, 0.15) is 46.5 Å². The van der Waals surface area contributed by atoms with Gasteiger partial charge >= 0.3 is 12.0 Å². The van der Waals surface area contributed by atoms with Gasteiger partial charge in [-0.15, -0.1) is 0 Å². The van der Waals surface area contributed by atoms with E-state index >= 15 is 0 Å². The van der Waals surface area contributed by atoms with Gasteiger partial charge in [-0.25, -0.2) is 9.18 Å². The number of rotatable bonds is 4. The fraction of sp³-hybridized carbons (Fsp3) is 0.600. The van der Waals surface area contributed by atoms with Gasteiger partial charge in [0.2, 0.25) is 0 Å². The zero-order valence-corrected chi connectivity index (χ0v) is 18.3. The fourth-order valence-electron chi connectivity index (χ4n) is 3.25. The first-order chi connectivity index (χ1) is 13.0. The van der Waals surface area contributed by atoms with Crippen molar-refractivity contribution in [3.05, 3.63) is 28.5 Å². The molecule has 0 radical (unpaired) electrons. The van der Waals surface area contributed by atoms with Gasteiger partial charge < -0.3 is 14.7 Å². The summed E-state index contributed by atoms with van der Waals surface area (Å²) in [6.45, 7) is 4.80. The Bertz CT molecular complexity index is 715. The molecule has 2 rings (SSSR count). The molecule has 0 unspecified atom stereocenters. The molecule has 1 aliphatic rings. The van der Waals surface area contributed by atoms with Crippen LogP contribution < -0.4 is 4.90 Å². The number of aliphatic hydroxyl groups is 1. The minimum Gasteiger partial charge on any atom is -0.459 e. The molecule has 8 heteroatoms. The number of anilines is 1. The van der Waals surface area contributed by atoms with Gasteiger partial charge in [-0.05, 0) is 64.7 Å². The van der Waals surface area contributed by atoms with Crippen molar-refractivity contribution in [2.45, 2.75) is 64.2 Å². The van der Waals surface area contributed by atoms with E-state index in [1.807, 2.05) is 0 Å². The number of esters is 1. The van der Waals surface area contributed by atoms with Crippen molar-refractivity contribution in [2.75, 3.05) is 18.5 Å². The lowest BCUT2D eigenvalue weighted by molar-refractivity contribution is -0.152. The smallest absolute Gasteiger partial charge is 0.326 e. The molecule has 28 heavy (non-hydrogen) atoms. The summed E-state index contributed by atoms with van der Waals surface area (Å²) in [5.74, 6) is -1.23. The van der Waals surface area contributed by atoms with Crippen molar-refractivity contribution < 1.29 is 23.8 Å². The minimum absolute atomic E-state index is 0.0155. The minimum atomic E-state index is -0.713. The zero-order valence-electron chi connectivity index (χ0n) is 16.7. The van der Waals surface area contributed by atoms with Crippen LogP contribution in [-0.2, 0) is 9.53 Å². The second kappa shape index (κ2) is 9.22. The van der Waals surface area contributed by atoms with Gasteiger partial charge in [-0.1, -0.05) is 15.9 Å². The first-order valence-electron chi connectivity index (χ1n) is 9.37. The summed E-state index contributed by atoms with van der Waals surface area (Å²) < 4.78 is 20.4. The molecule has 0 atom stereocenters. The number of benzene rings is 1. The van der Waals surface area contributed by atoms with Gasteiger partial charge in [-0.3, -0.25) is 9.69 Å². The Morgan fingerprint density at radius 3 is 2.39 bits per heavy atom. The molecule has 156 valence electrons. The third kappa shape index (κ3) is 6.17. The summed E-state index contributed by atoms with van der Waals surface area (Å²) >= 11 is 3.20. The molecule has 1 saturated carbocycles. The number of ether oxygens (including phenoxy) is 1. The second-order valence-corrected chi connectivity index (χ2v) is 9.04. The maximum Gasteiger partial charge on any atom is 0.326 e. The Hall–Kier alpha value is -1.67. The normalized spacial score (nSPS) is 19.8. The van der Waals surface area contributed by atoms with Crippen LogP contribution in [0.3, 0.4) is 0 Å². The number of aliphatic hydroxyl groups excluding tert-OH is 1. The van der Waals surface area contributed by atoms with E-state index in [4.69, 9.17) is 4.74 Å². The molecule has 1 fully saturated rings. The molecular weight excluding hydrogens is 431 g/mol. The van der Waals surface area contributed by atoms with Gasteiger partial charge in [0.05, 0.1) is 11.8 Å². The van der Waals surface area contributed by atoms with Crippen LogP contribution in [0.4, 0.5) is 14.9 Å². The quantitative estimate of drug-likeness (QED) is 0.689. The molecular formula is C20H28BrFN2O4. The number of carbonyl (C=O) groups is 2. The maximum absolute atomic E-state index is 14.6. The van der Waals surface area contributed by atoms with Crippen molar-refractivity contribution in [3.8, 4) is 0 Å². The van der Waals surface area contributed by atoms with Gasteiger partial charge in [0.1, 0.15) is 18.0 Å². The summed E-state index contributed by atoms with van der Waals surface area (Å²) in [5.41, 5.74) is -0.697. The number of urea groups is 1. The number of hydrogen-bond donors (Lipinski definition) is 1. The summed E-state index contributed by atoms with van der Waals surface area (Å²) in [6, 6.07) is 3.77. The lowest BCUT2D eigenvalue weighted by Gasteiger charge is -2.36. The molecule has 0 aromatic heterocycles. The van der Waals surface area contributed by atoms with Crippen molar-refractivity contribution in [1.82, 2.24) is 4.90 Å². The molecule has 1 aromatic rings. The number of hydrogen-bond acceptors (Lipinski definition) is 4. The highest BCUT2D eigenvalue weighted by molar-refractivity contribution is 9.10. The van der Waals surface area contributed by atoms with Crippen LogP contribution in [0.2, 0.25) is 0 Å². The number of amides is 2. The van der Waals surface area contributed by atoms with Crippen LogP contribution in [0.15, 0.2) is 22.7 Å². The van der Waals surface area contributed by atoms with Crippen LogP contribution in [0.5, 0.6) is 0 Å². The molecule has 1 N–H and O–H groups in total. The molecule has 1 aromatic carbocycles. The van der Waals surface area contributed by atoms with Crippen LogP contribution in [0.25, 0.3) is 0 Å². The first-order valence-corrected chi connectivity index (χ1v) is 10.2. The van der Waals surface area contributed by atoms with Crippen molar-refractivity contribution >= 4 is 33.6 Å². The molecule has 0 heterocycles. The van der Waals surface area contributed by atoms with Crippen LogP contribution in [-0.4, -0.2) is 53.3 Å². The molecule has 0 spiro atoms. The Kier molecular flexibility index (Phi) is 7.45. The molecule has 0 aliphatic heterocycles. The highest BCUT2D eigenvalue weighted by atomic mass is 79.9. The van der Waals surface area contributed by atoms with E-state index in [1.165, 1.54) is 17.0 Å². The van der Waals surface area contributed by atoms with Gasteiger partial charge in [0.15, 0.2) is 0 Å². The van der Waals surface area contributed by atoms with Crippen molar-refractivity contribution in [2.24, 2.45) is 0 Å². The summed E-state index contributed by atoms with van der Waals surface area (Å²) in [5, 5.41) is 9.69. The Morgan fingerprint density at radius 1 is 1.25 bits per heavy atom. The van der Waals surface area contributed by atoms with E-state index in [9.17, 15) is 19.1 Å². The number of carbonyl (C=O) groups excluding carboxylic acids is 2. The zero-order chi connectivity index (χ0) is 21.1. The van der Waals surface area contributed by atoms with Gasteiger partial charge in [-0.2, -0.15) is 0 Å². The van der Waals surface area contributed by atoms with E-state index < -0.39 is 30.0 Å². The van der Waals surface area contributed by atoms with E-state index in [0.29, 0.717) is 30.2 Å². The predicted octanol–water partition coefficient (Wildman–Crippen LogP) is 4.09. The highest BCUT2D eigenvalue weighted by Gasteiger charge is 2.32. The number of halogens is 2. The molecule has 6 nitrogen and oxygen atoms in total. The van der Waals surface area contributed by atoms with Crippen LogP contribution >= 0.6 is 15.9 Å². The Morgan fingerprint density at radius 2 is 1.86 bits per heavy atom. The van der Waals surface area contributed by atoms with Gasteiger partial charge in [0, 0.05) is 17.6 Å². The van der Waals surface area contributed by atoms with Gasteiger partial charge in [0.25, 0.3) is 0 Å². The molecule has 1 aliphatic carbocycles. The third-order valence-electron chi connectivity index (χ3n) is 4.65. The Balaban J connectivity index is 2.26. The van der Waals surface area contributed by atoms with Crippen molar-refractivity contribution in [3.63, 3.8) is 0 Å². The topological polar surface area (TPSA) is 70.1 Å². The Labute approximate surface area is 173 Å². The van der Waals surface area contributed by atoms with E-state index in [-0.39, 0.29) is 17.8 Å². The van der Waals surface area contributed by atoms with E-state index in [0.717, 1.165) is 4.90 Å². The average molecular weight is 459 g/mol. The average Bonchev–Trinajstić information content (AvgIpc) is 2.58. The molecule has 2 amide bonds. The number of nitrogens with zero attached hydrogens (tertiary/aromatic N) is 2. The lowest BCUT2D eigenvalue weighted by atomic mass is 9.92. The monoisotopic (exact) mass is 458 g/mol. The molecule has 0 bridgehead atoms. The largest absolute Gasteiger partial charge is 0.459 e. The van der Waals surface area contributed by atoms with E-state index in [1.54, 1.807) is 33.9 Å². The first kappa shape index (κ1) is 22.6. The maximum atomic E-state index is 14.6.